The van der Waals surface area contributed by atoms with Gasteiger partial charge >= 0.3 is 5.97 Å². The smallest absolute Gasteiger partial charge is 0.305 e. The summed E-state index contributed by atoms with van der Waals surface area (Å²) in [6, 6.07) is 0. The van der Waals surface area contributed by atoms with Crippen LogP contribution in [0, 0.1) is 0 Å². The van der Waals surface area contributed by atoms with Crippen molar-refractivity contribution >= 4 is 5.97 Å². The van der Waals surface area contributed by atoms with Gasteiger partial charge in [-0.1, -0.05) is 96.8 Å². The summed E-state index contributed by atoms with van der Waals surface area (Å²) in [6.07, 6.45) is 12.0. The van der Waals surface area contributed by atoms with Crippen LogP contribution in [0.5, 0.6) is 0 Å². The Morgan fingerprint density at radius 1 is 0.677 bits per heavy atom. The molecule has 0 aromatic rings. The summed E-state index contributed by atoms with van der Waals surface area (Å²) < 4.78 is 10.1. The first kappa shape index (κ1) is 28.3. The third-order valence-electron chi connectivity index (χ3n) is 6.08. The first-order chi connectivity index (χ1) is 15.0. The molecule has 1 rings (SSSR count). The lowest BCUT2D eigenvalue weighted by molar-refractivity contribution is -0.287. The van der Waals surface area contributed by atoms with Gasteiger partial charge in [-0.15, -0.1) is 0 Å². The Labute approximate surface area is 188 Å². The number of esters is 1. The van der Waals surface area contributed by atoms with E-state index in [1.54, 1.807) is 0 Å². The Kier molecular flexibility index (Phi) is 16.2. The highest BCUT2D eigenvalue weighted by atomic mass is 16.6. The Bertz CT molecular complexity index is 446. The Balaban J connectivity index is 1.89. The van der Waals surface area contributed by atoms with Crippen LogP contribution in [0.2, 0.25) is 0 Å². The van der Waals surface area contributed by atoms with Crippen molar-refractivity contribution in [2.75, 3.05) is 6.61 Å². The highest BCUT2D eigenvalue weighted by molar-refractivity contribution is 5.69. The van der Waals surface area contributed by atoms with Gasteiger partial charge in [0.25, 0.3) is 0 Å². The first-order valence-corrected chi connectivity index (χ1v) is 12.5. The van der Waals surface area contributed by atoms with Gasteiger partial charge in [0.2, 0.25) is 0 Å². The summed E-state index contributed by atoms with van der Waals surface area (Å²) in [5.74, 6) is -0.388. The van der Waals surface area contributed by atoms with Gasteiger partial charge in [0, 0.05) is 6.42 Å². The van der Waals surface area contributed by atoms with E-state index in [2.05, 4.69) is 6.92 Å². The first-order valence-electron chi connectivity index (χ1n) is 12.5. The Morgan fingerprint density at radius 3 is 1.61 bits per heavy atom. The van der Waals surface area contributed by atoms with Crippen LogP contribution < -0.4 is 0 Å². The van der Waals surface area contributed by atoms with E-state index in [4.69, 9.17) is 9.47 Å². The zero-order chi connectivity index (χ0) is 22.9. The molecule has 7 heteroatoms. The molecule has 0 bridgehead atoms. The molecule has 0 spiro atoms. The van der Waals surface area contributed by atoms with Gasteiger partial charge in [-0.2, -0.15) is 0 Å². The van der Waals surface area contributed by atoms with Gasteiger partial charge in [0.1, 0.15) is 31.0 Å². The fourth-order valence-corrected chi connectivity index (χ4v) is 3.96. The minimum absolute atomic E-state index is 0.264. The zero-order valence-electron chi connectivity index (χ0n) is 19.4. The third kappa shape index (κ3) is 12.8. The number of carbonyl (C=O) groups excluding carboxylic acids is 1. The average Bonchev–Trinajstić information content (AvgIpc) is 2.76. The average molecular weight is 447 g/mol. The lowest BCUT2D eigenvalue weighted by atomic mass is 9.99. The molecule has 4 N–H and O–H groups in total. The second-order valence-electron chi connectivity index (χ2n) is 8.92. The maximum absolute atomic E-state index is 11.8. The van der Waals surface area contributed by atoms with Crippen molar-refractivity contribution in [2.24, 2.45) is 0 Å². The fourth-order valence-electron chi connectivity index (χ4n) is 3.96. The monoisotopic (exact) mass is 446 g/mol. The molecule has 1 heterocycles. The lowest BCUT2D eigenvalue weighted by Gasteiger charge is -2.37. The maximum atomic E-state index is 11.8. The number of unbranched alkanes of at least 4 members (excludes halogenated alkanes) is 14. The highest BCUT2D eigenvalue weighted by Crippen LogP contribution is 2.20. The maximum Gasteiger partial charge on any atom is 0.305 e. The summed E-state index contributed by atoms with van der Waals surface area (Å²) in [7, 11) is 0. The predicted molar refractivity (Wildman–Crippen MR) is 119 cm³/mol. The largest absolute Gasteiger partial charge is 0.463 e. The number of carbonyl (C=O) groups is 1. The van der Waals surface area contributed by atoms with Crippen LogP contribution in [0.3, 0.4) is 0 Å². The molecular formula is C24H46O7. The number of hydrogen-bond acceptors (Lipinski definition) is 7. The van der Waals surface area contributed by atoms with Gasteiger partial charge in [-0.3, -0.25) is 4.79 Å². The lowest BCUT2D eigenvalue weighted by Crippen LogP contribution is -2.58. The van der Waals surface area contributed by atoms with Gasteiger partial charge in [0.15, 0.2) is 6.29 Å². The number of hydrogen-bond donors (Lipinski definition) is 4. The molecule has 0 saturated carbocycles. The van der Waals surface area contributed by atoms with Crippen molar-refractivity contribution in [3.05, 3.63) is 0 Å². The van der Waals surface area contributed by atoms with E-state index in [-0.39, 0.29) is 12.6 Å². The molecule has 2 unspecified atom stereocenters. The second-order valence-corrected chi connectivity index (χ2v) is 8.92. The minimum atomic E-state index is -1.61. The van der Waals surface area contributed by atoms with Crippen LogP contribution in [0.15, 0.2) is 0 Å². The summed E-state index contributed by atoms with van der Waals surface area (Å²) in [4.78, 5) is 11.8. The van der Waals surface area contributed by atoms with Crippen LogP contribution >= 0.6 is 0 Å². The van der Waals surface area contributed by atoms with Crippen molar-refractivity contribution in [3.63, 3.8) is 0 Å². The summed E-state index contributed by atoms with van der Waals surface area (Å²) >= 11 is 0. The van der Waals surface area contributed by atoms with E-state index in [0.717, 1.165) is 19.3 Å². The van der Waals surface area contributed by atoms with E-state index >= 15 is 0 Å². The predicted octanol–water partition coefficient (Wildman–Crippen LogP) is 3.59. The van der Waals surface area contributed by atoms with Crippen LogP contribution in [0.4, 0.5) is 0 Å². The molecule has 184 valence electrons. The molecule has 1 fully saturated rings. The standard InChI is InChI=1S/C24H46O7/c1-2-3-4-5-6-7-8-9-10-11-12-13-14-15-16-17-20(25)30-18-19-21(26)22(27)23(28)24(29)31-19/h19,21-24,26-29H,2-18H2,1H3/t19?,21-,22+,23?,24-/m1/s1. The molecule has 0 aromatic carbocycles. The van der Waals surface area contributed by atoms with E-state index in [0.29, 0.717) is 6.42 Å². The molecule has 0 aromatic heterocycles. The molecule has 0 amide bonds. The number of ether oxygens (including phenoxy) is 2. The van der Waals surface area contributed by atoms with Gasteiger partial charge in [0.05, 0.1) is 0 Å². The fraction of sp³-hybridized carbons (Fsp3) is 0.958. The molecule has 31 heavy (non-hydrogen) atoms. The summed E-state index contributed by atoms with van der Waals surface area (Å²) in [6.45, 7) is 1.99. The summed E-state index contributed by atoms with van der Waals surface area (Å²) in [5, 5.41) is 38.3. The molecule has 1 saturated heterocycles. The number of rotatable bonds is 18. The van der Waals surface area contributed by atoms with E-state index in [9.17, 15) is 25.2 Å². The Morgan fingerprint density at radius 2 is 1.13 bits per heavy atom. The van der Waals surface area contributed by atoms with Crippen LogP contribution in [0.25, 0.3) is 0 Å². The van der Waals surface area contributed by atoms with Crippen molar-refractivity contribution in [1.82, 2.24) is 0 Å². The molecule has 1 aliphatic rings. The SMILES string of the molecule is CCCCCCCCCCCCCCCCCC(=O)OCC1O[C@@H](O)C(O)[C@@H](O)[C@@H]1O. The second kappa shape index (κ2) is 17.8. The van der Waals surface area contributed by atoms with E-state index in [1.165, 1.54) is 77.0 Å². The number of aliphatic hydroxyl groups excluding tert-OH is 4. The van der Waals surface area contributed by atoms with Crippen molar-refractivity contribution in [3.8, 4) is 0 Å². The van der Waals surface area contributed by atoms with Crippen LogP contribution in [-0.4, -0.2) is 63.7 Å². The molecule has 0 radical (unpaired) electrons. The normalized spacial score (nSPS) is 26.2. The molecule has 0 aliphatic carbocycles. The molecule has 1 aliphatic heterocycles. The van der Waals surface area contributed by atoms with Crippen molar-refractivity contribution in [2.45, 2.75) is 140 Å². The molecular weight excluding hydrogens is 400 g/mol. The van der Waals surface area contributed by atoms with Crippen molar-refractivity contribution < 1.29 is 34.7 Å². The van der Waals surface area contributed by atoms with Crippen molar-refractivity contribution in [1.29, 1.82) is 0 Å². The van der Waals surface area contributed by atoms with Crippen LogP contribution in [-0.2, 0) is 14.3 Å². The highest BCUT2D eigenvalue weighted by Gasteiger charge is 2.43. The van der Waals surface area contributed by atoms with E-state index in [1.807, 2.05) is 0 Å². The quantitative estimate of drug-likeness (QED) is 0.188. The summed E-state index contributed by atoms with van der Waals surface area (Å²) in [5.41, 5.74) is 0. The molecule has 5 atom stereocenters. The van der Waals surface area contributed by atoms with Gasteiger partial charge in [-0.25, -0.2) is 0 Å². The Hall–Kier alpha value is -0.730. The number of aliphatic hydroxyl groups is 4. The van der Waals surface area contributed by atoms with Gasteiger partial charge < -0.3 is 29.9 Å². The van der Waals surface area contributed by atoms with Crippen LogP contribution in [0.1, 0.15) is 110 Å². The minimum Gasteiger partial charge on any atom is -0.463 e. The third-order valence-corrected chi connectivity index (χ3v) is 6.08. The van der Waals surface area contributed by atoms with Gasteiger partial charge in [-0.05, 0) is 6.42 Å². The zero-order valence-corrected chi connectivity index (χ0v) is 19.4. The topological polar surface area (TPSA) is 116 Å². The molecule has 7 nitrogen and oxygen atoms in total. The van der Waals surface area contributed by atoms with E-state index < -0.39 is 30.7 Å².